The number of sulfonamides is 1. The van der Waals surface area contributed by atoms with Crippen molar-refractivity contribution in [1.82, 2.24) is 4.72 Å². The summed E-state index contributed by atoms with van der Waals surface area (Å²) in [7, 11) is -4.32. The van der Waals surface area contributed by atoms with Gasteiger partial charge in [-0.25, -0.2) is 22.7 Å². The van der Waals surface area contributed by atoms with Crippen molar-refractivity contribution in [3.8, 4) is 11.5 Å². The van der Waals surface area contributed by atoms with Gasteiger partial charge in [0.25, 0.3) is 10.0 Å². The molecule has 2 aliphatic heterocycles. The second-order valence-electron chi connectivity index (χ2n) is 13.7. The molecule has 266 valence electrons. The summed E-state index contributed by atoms with van der Waals surface area (Å²) in [4.78, 5) is 32.1. The zero-order valence-electron chi connectivity index (χ0n) is 29.8. The van der Waals surface area contributed by atoms with Gasteiger partial charge in [-0.15, -0.1) is 0 Å². The minimum atomic E-state index is -4.32. The molecule has 2 amide bonds. The standard InChI is InChI=1S/C42H41N3O6S/c1-6-44(25-24-27(2)3)30-21-20-29(5)36(26-30)45(41(47)43-52(48,49)31-22-18-28(4)19-23-31)35-15-11-17-38-39(35)42(34-14-9-10-16-37(34)50-38)33-13-8-7-12-32(33)40(46)51-42/h7-23,26-27H,6,24-25H2,1-5H3,(H,43,47). The fraction of sp³-hybridized carbons (Fsp3) is 0.238. The maximum atomic E-state index is 14.8. The van der Waals surface area contributed by atoms with Crippen LogP contribution in [-0.2, 0) is 20.4 Å². The van der Waals surface area contributed by atoms with E-state index >= 15 is 0 Å². The summed E-state index contributed by atoms with van der Waals surface area (Å²) in [5.74, 6) is 0.824. The molecule has 2 heterocycles. The molecule has 0 radical (unpaired) electrons. The van der Waals surface area contributed by atoms with Crippen LogP contribution in [0.1, 0.15) is 65.4 Å². The second-order valence-corrected chi connectivity index (χ2v) is 15.3. The fourth-order valence-electron chi connectivity index (χ4n) is 7.05. The molecule has 0 saturated heterocycles. The van der Waals surface area contributed by atoms with Gasteiger partial charge in [-0.3, -0.25) is 4.90 Å². The van der Waals surface area contributed by atoms with Crippen molar-refractivity contribution in [1.29, 1.82) is 0 Å². The number of anilines is 3. The molecule has 0 aliphatic carbocycles. The molecule has 2 aliphatic rings. The monoisotopic (exact) mass is 715 g/mol. The van der Waals surface area contributed by atoms with Gasteiger partial charge in [-0.05, 0) is 87.2 Å². The SMILES string of the molecule is CCN(CCC(C)C)c1ccc(C)c(N(C(=O)NS(=O)(=O)c2ccc(C)cc2)c2cccc3c2C2(OC(=O)c4ccccc42)c2ccccc2O3)c1. The summed E-state index contributed by atoms with van der Waals surface area (Å²) in [6, 6.07) is 31.0. The molecule has 5 aromatic carbocycles. The van der Waals surface area contributed by atoms with Gasteiger partial charge in [0.05, 0.1) is 27.4 Å². The largest absolute Gasteiger partial charge is 0.456 e. The van der Waals surface area contributed by atoms with E-state index in [0.717, 1.165) is 36.3 Å². The van der Waals surface area contributed by atoms with Gasteiger partial charge in [-0.2, -0.15) is 0 Å². The second kappa shape index (κ2) is 13.5. The smallest absolute Gasteiger partial charge is 0.340 e. The highest BCUT2D eigenvalue weighted by Crippen LogP contribution is 2.59. The third-order valence-electron chi connectivity index (χ3n) is 9.77. The van der Waals surface area contributed by atoms with Gasteiger partial charge in [0, 0.05) is 29.9 Å². The molecular weight excluding hydrogens is 675 g/mol. The maximum absolute atomic E-state index is 14.8. The van der Waals surface area contributed by atoms with Gasteiger partial charge in [0.15, 0.2) is 5.60 Å². The van der Waals surface area contributed by atoms with E-state index in [4.69, 9.17) is 9.47 Å². The van der Waals surface area contributed by atoms with Gasteiger partial charge in [0.2, 0.25) is 0 Å². The molecule has 9 nitrogen and oxygen atoms in total. The van der Waals surface area contributed by atoms with E-state index < -0.39 is 27.6 Å². The van der Waals surface area contributed by atoms with E-state index in [9.17, 15) is 18.0 Å². The first-order valence-corrected chi connectivity index (χ1v) is 19.0. The maximum Gasteiger partial charge on any atom is 0.340 e. The number of benzene rings is 5. The summed E-state index contributed by atoms with van der Waals surface area (Å²) in [5, 5.41) is 0. The van der Waals surface area contributed by atoms with Crippen LogP contribution in [0.5, 0.6) is 11.5 Å². The molecule has 0 bridgehead atoms. The van der Waals surface area contributed by atoms with Gasteiger partial charge in [-0.1, -0.05) is 80.1 Å². The molecule has 1 spiro atoms. The number of esters is 1. The van der Waals surface area contributed by atoms with E-state index in [2.05, 4.69) is 30.4 Å². The summed E-state index contributed by atoms with van der Waals surface area (Å²) >= 11 is 0. The first-order chi connectivity index (χ1) is 24.9. The van der Waals surface area contributed by atoms with Crippen molar-refractivity contribution in [2.24, 2.45) is 5.92 Å². The Morgan fingerprint density at radius 1 is 0.827 bits per heavy atom. The van der Waals surface area contributed by atoms with Crippen LogP contribution in [0.4, 0.5) is 21.9 Å². The highest BCUT2D eigenvalue weighted by atomic mass is 32.2. The van der Waals surface area contributed by atoms with Crippen molar-refractivity contribution in [2.45, 2.75) is 51.5 Å². The van der Waals surface area contributed by atoms with Crippen molar-refractivity contribution in [2.75, 3.05) is 22.9 Å². The highest BCUT2D eigenvalue weighted by molar-refractivity contribution is 7.90. The van der Waals surface area contributed by atoms with Crippen molar-refractivity contribution in [3.63, 3.8) is 0 Å². The molecule has 1 N–H and O–H groups in total. The lowest BCUT2D eigenvalue weighted by molar-refractivity contribution is 0.0226. The molecule has 1 unspecified atom stereocenters. The number of nitrogens with zero attached hydrogens (tertiary/aromatic N) is 2. The Labute approximate surface area is 304 Å². The minimum absolute atomic E-state index is 0.0508. The Bertz CT molecular complexity index is 2300. The molecular formula is C42H41N3O6S. The number of para-hydroxylation sites is 1. The molecule has 1 atom stereocenters. The first-order valence-electron chi connectivity index (χ1n) is 17.5. The van der Waals surface area contributed by atoms with Crippen LogP contribution >= 0.6 is 0 Å². The van der Waals surface area contributed by atoms with E-state index in [1.807, 2.05) is 68.4 Å². The lowest BCUT2D eigenvalue weighted by atomic mass is 9.76. The number of nitrogens with one attached hydrogen (secondary N) is 1. The topological polar surface area (TPSA) is 105 Å². The number of carbonyl (C=O) groups excluding carboxylic acids is 2. The van der Waals surface area contributed by atoms with Crippen molar-refractivity contribution >= 4 is 39.1 Å². The molecule has 10 heteroatoms. The van der Waals surface area contributed by atoms with E-state index in [-0.39, 0.29) is 4.90 Å². The Kier molecular flexibility index (Phi) is 9.04. The van der Waals surface area contributed by atoms with Crippen LogP contribution in [0.2, 0.25) is 0 Å². The first kappa shape index (κ1) is 34.8. The van der Waals surface area contributed by atoms with Crippen molar-refractivity contribution < 1.29 is 27.5 Å². The Morgan fingerprint density at radius 2 is 1.52 bits per heavy atom. The molecule has 5 aromatic rings. The number of hydrogen-bond donors (Lipinski definition) is 1. The molecule has 0 aromatic heterocycles. The summed E-state index contributed by atoms with van der Waals surface area (Å²) in [6.07, 6.45) is 0.965. The number of urea groups is 1. The molecule has 0 fully saturated rings. The van der Waals surface area contributed by atoms with Crippen molar-refractivity contribution in [3.05, 3.63) is 143 Å². The lowest BCUT2D eigenvalue weighted by Gasteiger charge is -2.39. The van der Waals surface area contributed by atoms with Crippen LogP contribution in [-0.4, -0.2) is 33.5 Å². The predicted octanol–water partition coefficient (Wildman–Crippen LogP) is 8.98. The molecule has 52 heavy (non-hydrogen) atoms. The summed E-state index contributed by atoms with van der Waals surface area (Å²) < 4.78 is 42.9. The van der Waals surface area contributed by atoms with E-state index in [1.54, 1.807) is 42.5 Å². The van der Waals surface area contributed by atoms with Gasteiger partial charge >= 0.3 is 12.0 Å². The summed E-state index contributed by atoms with van der Waals surface area (Å²) in [5.41, 5.74) is 3.67. The van der Waals surface area contributed by atoms with E-state index in [1.165, 1.54) is 17.0 Å². The number of hydrogen-bond acceptors (Lipinski definition) is 7. The fourth-order valence-corrected chi connectivity index (χ4v) is 7.99. The highest BCUT2D eigenvalue weighted by Gasteiger charge is 2.55. The Hall–Kier alpha value is -5.61. The Morgan fingerprint density at radius 3 is 2.25 bits per heavy atom. The quantitative estimate of drug-likeness (QED) is 0.152. The minimum Gasteiger partial charge on any atom is -0.456 e. The number of ether oxygens (including phenoxy) is 2. The number of fused-ring (bicyclic) bond motifs is 6. The third kappa shape index (κ3) is 5.96. The van der Waals surface area contributed by atoms with Crippen LogP contribution in [0.25, 0.3) is 0 Å². The number of aryl methyl sites for hydroxylation is 2. The summed E-state index contributed by atoms with van der Waals surface area (Å²) in [6.45, 7) is 11.7. The van der Waals surface area contributed by atoms with Crippen LogP contribution in [0.3, 0.4) is 0 Å². The number of carbonyl (C=O) groups is 2. The van der Waals surface area contributed by atoms with E-state index in [0.29, 0.717) is 51.0 Å². The van der Waals surface area contributed by atoms with Gasteiger partial charge < -0.3 is 14.4 Å². The zero-order chi connectivity index (χ0) is 36.8. The zero-order valence-corrected chi connectivity index (χ0v) is 30.7. The van der Waals surface area contributed by atoms with Crippen LogP contribution in [0.15, 0.2) is 114 Å². The number of amides is 2. The number of rotatable bonds is 9. The predicted molar refractivity (Wildman–Crippen MR) is 202 cm³/mol. The molecule has 7 rings (SSSR count). The average Bonchev–Trinajstić information content (AvgIpc) is 3.41. The Balaban J connectivity index is 1.47. The lowest BCUT2D eigenvalue weighted by Crippen LogP contribution is -2.43. The molecule has 0 saturated carbocycles. The average molecular weight is 716 g/mol. The normalized spacial score (nSPS) is 15.7. The third-order valence-corrected chi connectivity index (χ3v) is 11.1. The van der Waals surface area contributed by atoms with Crippen LogP contribution in [0, 0.1) is 19.8 Å². The van der Waals surface area contributed by atoms with Gasteiger partial charge in [0.1, 0.15) is 11.5 Å². The van der Waals surface area contributed by atoms with Crippen LogP contribution < -0.4 is 19.3 Å².